The molecule has 3 N–H and O–H groups in total. The second kappa shape index (κ2) is 8.46. The molecular formula is C19H24F4N4O. The maximum Gasteiger partial charge on any atom is 0.416 e. The van der Waals surface area contributed by atoms with Gasteiger partial charge in [0.05, 0.1) is 12.1 Å². The van der Waals surface area contributed by atoms with Crippen LogP contribution >= 0.6 is 0 Å². The number of rotatable bonds is 6. The SMILES string of the molecule is N=C(NCC1CCN(C(=O)CNC2CC2)CC1)c1cc(F)cc(C(F)(F)F)c1. The molecule has 1 amide bonds. The highest BCUT2D eigenvalue weighted by atomic mass is 19.4. The van der Waals surface area contributed by atoms with Gasteiger partial charge in [-0.1, -0.05) is 0 Å². The second-order valence-electron chi connectivity index (χ2n) is 7.46. The number of benzene rings is 1. The normalized spacial score (nSPS) is 18.2. The van der Waals surface area contributed by atoms with Gasteiger partial charge in [-0.25, -0.2) is 4.39 Å². The first kappa shape index (κ1) is 20.6. The summed E-state index contributed by atoms with van der Waals surface area (Å²) >= 11 is 0. The molecule has 0 unspecified atom stereocenters. The van der Waals surface area contributed by atoms with E-state index in [1.165, 1.54) is 0 Å². The van der Waals surface area contributed by atoms with Gasteiger partial charge in [-0.05, 0) is 49.8 Å². The summed E-state index contributed by atoms with van der Waals surface area (Å²) in [6, 6.07) is 2.59. The minimum absolute atomic E-state index is 0.0884. The molecule has 1 aromatic carbocycles. The Kier molecular flexibility index (Phi) is 6.22. The van der Waals surface area contributed by atoms with Crippen molar-refractivity contribution in [3.05, 3.63) is 35.1 Å². The monoisotopic (exact) mass is 400 g/mol. The zero-order valence-electron chi connectivity index (χ0n) is 15.4. The predicted octanol–water partition coefficient (Wildman–Crippen LogP) is 2.75. The number of piperidine rings is 1. The largest absolute Gasteiger partial charge is 0.416 e. The van der Waals surface area contributed by atoms with Crippen molar-refractivity contribution in [2.75, 3.05) is 26.2 Å². The summed E-state index contributed by atoms with van der Waals surface area (Å²) in [6.07, 6.45) is -0.894. The lowest BCUT2D eigenvalue weighted by molar-refractivity contribution is -0.137. The molecule has 9 heteroatoms. The Labute approximate surface area is 161 Å². The fourth-order valence-electron chi connectivity index (χ4n) is 3.26. The van der Waals surface area contributed by atoms with E-state index >= 15 is 0 Å². The van der Waals surface area contributed by atoms with E-state index in [0.717, 1.165) is 37.8 Å². The van der Waals surface area contributed by atoms with Gasteiger partial charge in [-0.2, -0.15) is 13.2 Å². The van der Waals surface area contributed by atoms with E-state index in [1.54, 1.807) is 0 Å². The lowest BCUT2D eigenvalue weighted by atomic mass is 9.96. The molecule has 0 radical (unpaired) electrons. The van der Waals surface area contributed by atoms with Crippen LogP contribution < -0.4 is 10.6 Å². The van der Waals surface area contributed by atoms with Crippen molar-refractivity contribution >= 4 is 11.7 Å². The minimum atomic E-state index is -4.66. The summed E-state index contributed by atoms with van der Waals surface area (Å²) in [5.41, 5.74) is -1.24. The number of halogens is 4. The zero-order chi connectivity index (χ0) is 20.3. The van der Waals surface area contributed by atoms with Crippen LogP contribution in [0.3, 0.4) is 0 Å². The van der Waals surface area contributed by atoms with Crippen LogP contribution in [-0.4, -0.2) is 48.9 Å². The molecular weight excluding hydrogens is 376 g/mol. The molecule has 28 heavy (non-hydrogen) atoms. The van der Waals surface area contributed by atoms with Crippen LogP contribution in [0.25, 0.3) is 0 Å². The topological polar surface area (TPSA) is 68.2 Å². The van der Waals surface area contributed by atoms with Gasteiger partial charge in [0.1, 0.15) is 11.7 Å². The smallest absolute Gasteiger partial charge is 0.370 e. The molecule has 0 atom stereocenters. The Hall–Kier alpha value is -2.16. The second-order valence-corrected chi connectivity index (χ2v) is 7.46. The average molecular weight is 400 g/mol. The van der Waals surface area contributed by atoms with Gasteiger partial charge >= 0.3 is 6.18 Å². The van der Waals surface area contributed by atoms with Gasteiger partial charge in [0.15, 0.2) is 0 Å². The summed E-state index contributed by atoms with van der Waals surface area (Å²) in [5, 5.41) is 13.9. The molecule has 2 fully saturated rings. The number of nitrogens with zero attached hydrogens (tertiary/aromatic N) is 1. The minimum Gasteiger partial charge on any atom is -0.370 e. The van der Waals surface area contributed by atoms with Crippen molar-refractivity contribution in [3.8, 4) is 0 Å². The third-order valence-corrected chi connectivity index (χ3v) is 5.17. The molecule has 1 heterocycles. The Balaban J connectivity index is 1.45. The van der Waals surface area contributed by atoms with Crippen molar-refractivity contribution in [1.29, 1.82) is 5.41 Å². The Morgan fingerprint density at radius 1 is 1.14 bits per heavy atom. The maximum absolute atomic E-state index is 13.5. The van der Waals surface area contributed by atoms with Crippen molar-refractivity contribution in [2.24, 2.45) is 5.92 Å². The van der Waals surface area contributed by atoms with Gasteiger partial charge in [-0.3, -0.25) is 10.2 Å². The van der Waals surface area contributed by atoms with Crippen LogP contribution in [0.5, 0.6) is 0 Å². The highest BCUT2D eigenvalue weighted by Crippen LogP contribution is 2.30. The predicted molar refractivity (Wildman–Crippen MR) is 96.6 cm³/mol. The van der Waals surface area contributed by atoms with Crippen molar-refractivity contribution in [1.82, 2.24) is 15.5 Å². The zero-order valence-corrected chi connectivity index (χ0v) is 15.4. The molecule has 1 aliphatic carbocycles. The standard InChI is InChI=1S/C19H24F4N4O/c20-15-8-13(7-14(9-15)19(21,22)23)18(24)26-10-12-3-5-27(6-4-12)17(28)11-25-16-1-2-16/h7-9,12,16,25H,1-6,10-11H2,(H2,24,26). The molecule has 1 aliphatic heterocycles. The number of carbonyl (C=O) groups is 1. The molecule has 2 aliphatic rings. The van der Waals surface area contributed by atoms with E-state index in [4.69, 9.17) is 5.41 Å². The van der Waals surface area contributed by atoms with Gasteiger partial charge < -0.3 is 15.5 Å². The Morgan fingerprint density at radius 3 is 2.43 bits per heavy atom. The van der Waals surface area contributed by atoms with Gasteiger partial charge in [-0.15, -0.1) is 0 Å². The lowest BCUT2D eigenvalue weighted by Gasteiger charge is -2.32. The molecule has 0 spiro atoms. The number of amides is 1. The average Bonchev–Trinajstić information content (AvgIpc) is 3.48. The quantitative estimate of drug-likeness (QED) is 0.391. The van der Waals surface area contributed by atoms with E-state index in [9.17, 15) is 22.4 Å². The molecule has 154 valence electrons. The molecule has 1 saturated heterocycles. The Morgan fingerprint density at radius 2 is 1.82 bits per heavy atom. The lowest BCUT2D eigenvalue weighted by Crippen LogP contribution is -2.45. The van der Waals surface area contributed by atoms with Crippen molar-refractivity contribution < 1.29 is 22.4 Å². The van der Waals surface area contributed by atoms with E-state index in [1.807, 2.05) is 4.90 Å². The van der Waals surface area contributed by atoms with Gasteiger partial charge in [0.25, 0.3) is 0 Å². The van der Waals surface area contributed by atoms with Crippen molar-refractivity contribution in [2.45, 2.75) is 37.9 Å². The Bertz CT molecular complexity index is 725. The molecule has 5 nitrogen and oxygen atoms in total. The van der Waals surface area contributed by atoms with Crippen LogP contribution in [0.1, 0.15) is 36.8 Å². The van der Waals surface area contributed by atoms with E-state index < -0.39 is 17.6 Å². The maximum atomic E-state index is 13.5. The summed E-state index contributed by atoms with van der Waals surface area (Å²) in [7, 11) is 0. The number of carbonyl (C=O) groups excluding carboxylic acids is 1. The van der Waals surface area contributed by atoms with Crippen molar-refractivity contribution in [3.63, 3.8) is 0 Å². The summed E-state index contributed by atoms with van der Waals surface area (Å²) in [6.45, 7) is 2.02. The first-order valence-electron chi connectivity index (χ1n) is 9.44. The first-order chi connectivity index (χ1) is 13.2. The highest BCUT2D eigenvalue weighted by molar-refractivity contribution is 5.96. The third kappa shape index (κ3) is 5.67. The highest BCUT2D eigenvalue weighted by Gasteiger charge is 2.32. The summed E-state index contributed by atoms with van der Waals surface area (Å²) in [5.74, 6) is -0.970. The number of alkyl halides is 3. The molecule has 3 rings (SSSR count). The van der Waals surface area contributed by atoms with E-state index in [0.29, 0.717) is 38.3 Å². The van der Waals surface area contributed by atoms with Crippen LogP contribution in [-0.2, 0) is 11.0 Å². The number of hydrogen-bond donors (Lipinski definition) is 3. The van der Waals surface area contributed by atoms with Crippen LogP contribution in [0, 0.1) is 17.1 Å². The molecule has 0 aromatic heterocycles. The molecule has 1 aromatic rings. The van der Waals surface area contributed by atoms with E-state index in [2.05, 4.69) is 10.6 Å². The van der Waals surface area contributed by atoms with E-state index in [-0.39, 0.29) is 23.2 Å². The van der Waals surface area contributed by atoms with Crippen LogP contribution in [0.15, 0.2) is 18.2 Å². The fraction of sp³-hybridized carbons (Fsp3) is 0.579. The third-order valence-electron chi connectivity index (χ3n) is 5.17. The number of amidine groups is 1. The van der Waals surface area contributed by atoms with Crippen LogP contribution in [0.2, 0.25) is 0 Å². The first-order valence-corrected chi connectivity index (χ1v) is 9.44. The number of hydrogen-bond acceptors (Lipinski definition) is 3. The molecule has 1 saturated carbocycles. The van der Waals surface area contributed by atoms with Gasteiger partial charge in [0.2, 0.25) is 5.91 Å². The van der Waals surface area contributed by atoms with Gasteiger partial charge in [0, 0.05) is 31.2 Å². The molecule has 0 bridgehead atoms. The fourth-order valence-corrected chi connectivity index (χ4v) is 3.26. The summed E-state index contributed by atoms with van der Waals surface area (Å²) < 4.78 is 51.9. The van der Waals surface area contributed by atoms with Crippen LogP contribution in [0.4, 0.5) is 17.6 Å². The summed E-state index contributed by atoms with van der Waals surface area (Å²) in [4.78, 5) is 13.9. The number of nitrogens with one attached hydrogen (secondary N) is 3. The number of likely N-dealkylation sites (tertiary alicyclic amines) is 1.